The van der Waals surface area contributed by atoms with Crippen molar-refractivity contribution in [3.8, 4) is 0 Å². The largest absolute Gasteiger partial charge is 0.343 e. The second kappa shape index (κ2) is 20.6. The van der Waals surface area contributed by atoms with Gasteiger partial charge < -0.3 is 9.80 Å². The highest BCUT2D eigenvalue weighted by molar-refractivity contribution is 5.76. The molecule has 3 heteroatoms. The second-order valence-electron chi connectivity index (χ2n) is 8.02. The number of carbonyl (C=O) groups is 1. The number of unbranched alkanes of at least 4 members (excludes halogenated alkanes) is 8. The topological polar surface area (TPSA) is 23.6 Å². The summed E-state index contributed by atoms with van der Waals surface area (Å²) in [5.41, 5.74) is 0. The van der Waals surface area contributed by atoms with Crippen molar-refractivity contribution in [1.82, 2.24) is 9.80 Å². The van der Waals surface area contributed by atoms with Gasteiger partial charge in [-0.25, -0.2) is 0 Å². The number of rotatable bonds is 19. The minimum atomic E-state index is 0.277. The maximum atomic E-state index is 12.2. The lowest BCUT2D eigenvalue weighted by Crippen LogP contribution is -2.33. The van der Waals surface area contributed by atoms with Gasteiger partial charge in [0, 0.05) is 19.5 Å². The van der Waals surface area contributed by atoms with E-state index in [4.69, 9.17) is 0 Å². The van der Waals surface area contributed by atoms with Crippen molar-refractivity contribution in [3.63, 3.8) is 0 Å². The molecule has 0 saturated carbocycles. The minimum absolute atomic E-state index is 0.277. The van der Waals surface area contributed by atoms with E-state index in [0.717, 1.165) is 32.4 Å². The Morgan fingerprint density at radius 3 is 2.00 bits per heavy atom. The fraction of sp³-hybridized carbons (Fsp3) is 0.760. The van der Waals surface area contributed by atoms with Crippen molar-refractivity contribution in [1.29, 1.82) is 0 Å². The van der Waals surface area contributed by atoms with E-state index < -0.39 is 0 Å². The van der Waals surface area contributed by atoms with E-state index in [-0.39, 0.29) is 5.91 Å². The normalized spacial score (nSPS) is 11.9. The van der Waals surface area contributed by atoms with Crippen LogP contribution < -0.4 is 0 Å². The van der Waals surface area contributed by atoms with Crippen LogP contribution in [-0.4, -0.2) is 49.4 Å². The van der Waals surface area contributed by atoms with Gasteiger partial charge in [-0.2, -0.15) is 0 Å². The molecule has 0 aromatic rings. The molecule has 28 heavy (non-hydrogen) atoms. The number of amides is 1. The van der Waals surface area contributed by atoms with Gasteiger partial charge in [0.25, 0.3) is 0 Å². The van der Waals surface area contributed by atoms with Crippen LogP contribution in [0, 0.1) is 6.92 Å². The van der Waals surface area contributed by atoms with Crippen LogP contribution >= 0.6 is 0 Å². The molecule has 0 aromatic carbocycles. The summed E-state index contributed by atoms with van der Waals surface area (Å²) < 4.78 is 0. The first kappa shape index (κ1) is 26.9. The number of hydrogen-bond donors (Lipinski definition) is 0. The average molecular weight is 392 g/mol. The van der Waals surface area contributed by atoms with Crippen molar-refractivity contribution >= 4 is 5.91 Å². The highest BCUT2D eigenvalue weighted by Gasteiger charge is 2.10. The van der Waals surface area contributed by atoms with Gasteiger partial charge in [0.15, 0.2) is 0 Å². The van der Waals surface area contributed by atoms with Gasteiger partial charge in [-0.1, -0.05) is 63.3 Å². The first-order valence-corrected chi connectivity index (χ1v) is 11.6. The van der Waals surface area contributed by atoms with Gasteiger partial charge in [-0.05, 0) is 72.5 Å². The van der Waals surface area contributed by atoms with E-state index in [1.807, 2.05) is 4.90 Å². The molecule has 0 fully saturated rings. The number of carbonyl (C=O) groups excluding carboxylic acids is 1. The first-order chi connectivity index (χ1) is 13.6. The van der Waals surface area contributed by atoms with E-state index in [0.29, 0.717) is 13.0 Å². The highest BCUT2D eigenvalue weighted by atomic mass is 16.2. The molecule has 1 radical (unpaired) electrons. The van der Waals surface area contributed by atoms with Crippen LogP contribution in [0.15, 0.2) is 24.3 Å². The Balaban J connectivity index is 3.52. The van der Waals surface area contributed by atoms with Crippen LogP contribution in [0.3, 0.4) is 0 Å². The molecule has 0 aliphatic heterocycles. The Labute approximate surface area is 176 Å². The fourth-order valence-electron chi connectivity index (χ4n) is 3.18. The quantitative estimate of drug-likeness (QED) is 0.187. The molecule has 3 nitrogen and oxygen atoms in total. The lowest BCUT2D eigenvalue weighted by molar-refractivity contribution is -0.130. The van der Waals surface area contributed by atoms with Crippen LogP contribution in [-0.2, 0) is 4.79 Å². The monoisotopic (exact) mass is 391 g/mol. The van der Waals surface area contributed by atoms with Crippen LogP contribution in [0.25, 0.3) is 0 Å². The van der Waals surface area contributed by atoms with Gasteiger partial charge in [-0.15, -0.1) is 0 Å². The van der Waals surface area contributed by atoms with Gasteiger partial charge in [0.1, 0.15) is 0 Å². The summed E-state index contributed by atoms with van der Waals surface area (Å²) in [7, 11) is 4.14. The Bertz CT molecular complexity index is 401. The molecule has 0 unspecified atom stereocenters. The van der Waals surface area contributed by atoms with Gasteiger partial charge >= 0.3 is 0 Å². The van der Waals surface area contributed by atoms with Crippen molar-refractivity contribution < 1.29 is 4.79 Å². The maximum absolute atomic E-state index is 12.2. The Hall–Kier alpha value is -1.09. The highest BCUT2D eigenvalue weighted by Crippen LogP contribution is 2.09. The first-order valence-electron chi connectivity index (χ1n) is 11.6. The fourth-order valence-corrected chi connectivity index (χ4v) is 3.18. The predicted molar refractivity (Wildman–Crippen MR) is 124 cm³/mol. The second-order valence-corrected chi connectivity index (χ2v) is 8.02. The number of nitrogens with zero attached hydrogens (tertiary/aromatic N) is 2. The molecular weight excluding hydrogens is 344 g/mol. The average Bonchev–Trinajstić information content (AvgIpc) is 2.67. The Morgan fingerprint density at radius 1 is 0.786 bits per heavy atom. The number of allylic oxidation sites excluding steroid dienone is 4. The smallest absolute Gasteiger partial charge is 0.222 e. The van der Waals surface area contributed by atoms with Gasteiger partial charge in [-0.3, -0.25) is 4.79 Å². The molecule has 0 aromatic heterocycles. The Morgan fingerprint density at radius 2 is 1.39 bits per heavy atom. The molecule has 0 aliphatic carbocycles. The minimum Gasteiger partial charge on any atom is -0.343 e. The molecule has 0 N–H and O–H groups in total. The summed E-state index contributed by atoms with van der Waals surface area (Å²) in [6.45, 7) is 8.60. The van der Waals surface area contributed by atoms with Crippen LogP contribution in [0.5, 0.6) is 0 Å². The summed E-state index contributed by atoms with van der Waals surface area (Å²) in [6.07, 6.45) is 24.3. The summed E-state index contributed by atoms with van der Waals surface area (Å²) >= 11 is 0. The zero-order valence-corrected chi connectivity index (χ0v) is 19.1. The standard InChI is InChI=1S/C25H47N2O/c1-5-7-8-9-10-11-12-13-14-15-16-17-18-19-20-22-25(28)27(6-2)24-21-23-26(3)4/h10-11,13-14H,2,5-9,12,15-24H2,1,3-4H3/b11-10-,14-13-. The van der Waals surface area contributed by atoms with E-state index >= 15 is 0 Å². The summed E-state index contributed by atoms with van der Waals surface area (Å²) in [5.74, 6) is 0.277. The van der Waals surface area contributed by atoms with Crippen molar-refractivity contribution in [3.05, 3.63) is 31.2 Å². The van der Waals surface area contributed by atoms with E-state index in [1.54, 1.807) is 0 Å². The molecule has 0 heterocycles. The zero-order chi connectivity index (χ0) is 20.9. The lowest BCUT2D eigenvalue weighted by atomic mass is 10.1. The van der Waals surface area contributed by atoms with E-state index in [1.165, 1.54) is 57.8 Å². The van der Waals surface area contributed by atoms with Crippen LogP contribution in [0.2, 0.25) is 0 Å². The van der Waals surface area contributed by atoms with Crippen molar-refractivity contribution in [2.75, 3.05) is 33.7 Å². The van der Waals surface area contributed by atoms with Crippen LogP contribution in [0.4, 0.5) is 0 Å². The molecule has 0 spiro atoms. The summed E-state index contributed by atoms with van der Waals surface area (Å²) in [4.78, 5) is 16.3. The SMILES string of the molecule is [CH2]CN(CCCN(C)C)C(=O)CCCCCCC/C=C\C/C=C\CCCCC. The third-order valence-electron chi connectivity index (χ3n) is 5.00. The van der Waals surface area contributed by atoms with E-state index in [9.17, 15) is 4.79 Å². The third-order valence-corrected chi connectivity index (χ3v) is 5.00. The predicted octanol–water partition coefficient (Wildman–Crippen LogP) is 6.41. The zero-order valence-electron chi connectivity index (χ0n) is 19.1. The van der Waals surface area contributed by atoms with Gasteiger partial charge in [0.05, 0.1) is 0 Å². The molecule has 1 amide bonds. The lowest BCUT2D eigenvalue weighted by Gasteiger charge is -2.21. The van der Waals surface area contributed by atoms with Crippen LogP contribution in [0.1, 0.15) is 90.4 Å². The van der Waals surface area contributed by atoms with Crippen molar-refractivity contribution in [2.24, 2.45) is 0 Å². The van der Waals surface area contributed by atoms with Crippen molar-refractivity contribution in [2.45, 2.75) is 90.4 Å². The third kappa shape index (κ3) is 18.3. The van der Waals surface area contributed by atoms with E-state index in [2.05, 4.69) is 57.1 Å². The molecule has 0 saturated heterocycles. The summed E-state index contributed by atoms with van der Waals surface area (Å²) in [6, 6.07) is 0. The molecule has 0 bridgehead atoms. The maximum Gasteiger partial charge on any atom is 0.222 e. The summed E-state index contributed by atoms with van der Waals surface area (Å²) in [5, 5.41) is 0. The molecular formula is C25H47N2O. The molecule has 0 aliphatic rings. The number of hydrogen-bond acceptors (Lipinski definition) is 2. The molecule has 163 valence electrons. The molecule has 0 rings (SSSR count). The molecule has 0 atom stereocenters. The van der Waals surface area contributed by atoms with Gasteiger partial charge in [0.2, 0.25) is 5.91 Å². The Kier molecular flexibility index (Phi) is 19.8.